The highest BCUT2D eigenvalue weighted by Crippen LogP contribution is 2.32. The van der Waals surface area contributed by atoms with E-state index in [1.165, 1.54) is 0 Å². The zero-order valence-electron chi connectivity index (χ0n) is 29.6. The lowest BCUT2D eigenvalue weighted by atomic mass is 10.0. The molecule has 0 unspecified atom stereocenters. The second-order valence-electron chi connectivity index (χ2n) is 12.4. The zero-order valence-corrected chi connectivity index (χ0v) is 32.0. The number of hydrogen-bond acceptors (Lipinski definition) is 12. The van der Waals surface area contributed by atoms with Crippen LogP contribution in [0.2, 0.25) is 5.02 Å². The Morgan fingerprint density at radius 2 is 1.47 bits per heavy atom. The molecular weight excluding hydrogens is 788 g/mol. The SMILES string of the molecule is Cn1cc(-c2nc3nccc(-c4ccc(OC5CCOCC5)c(C#N)c4)c3[nH]2)cn1.Cn1cc(-c2nc3nccc(Cl)c3[nH]2)cn1.Nc1nccc(Br)c1N. The third-order valence-corrected chi connectivity index (χ3v) is 9.54. The van der Waals surface area contributed by atoms with Crippen molar-refractivity contribution >= 4 is 61.4 Å². The number of aromatic amines is 2. The van der Waals surface area contributed by atoms with Gasteiger partial charge < -0.3 is 30.9 Å². The van der Waals surface area contributed by atoms with Gasteiger partial charge in [-0.15, -0.1) is 0 Å². The fourth-order valence-corrected chi connectivity index (χ4v) is 6.23. The van der Waals surface area contributed by atoms with Crippen molar-refractivity contribution in [1.29, 1.82) is 5.26 Å². The second kappa shape index (κ2) is 16.3. The second-order valence-corrected chi connectivity index (χ2v) is 13.6. The maximum absolute atomic E-state index is 9.69. The van der Waals surface area contributed by atoms with E-state index >= 15 is 0 Å². The Kier molecular flexibility index (Phi) is 11.0. The normalized spacial score (nSPS) is 12.8. The first-order chi connectivity index (χ1) is 26.7. The number of ether oxygens (including phenoxy) is 2. The number of nitrogens with two attached hydrogens (primary N) is 2. The molecule has 7 aromatic heterocycles. The molecule has 0 saturated carbocycles. The number of nitriles is 1. The van der Waals surface area contributed by atoms with Crippen LogP contribution >= 0.6 is 27.5 Å². The minimum absolute atomic E-state index is 0.0824. The topological polar surface area (TPSA) is 226 Å². The van der Waals surface area contributed by atoms with Gasteiger partial charge in [0.1, 0.15) is 40.9 Å². The summed E-state index contributed by atoms with van der Waals surface area (Å²) in [6, 6.07) is 13.4. The van der Waals surface area contributed by atoms with Gasteiger partial charge in [-0.2, -0.15) is 15.5 Å². The van der Waals surface area contributed by atoms with E-state index in [9.17, 15) is 5.26 Å². The first-order valence-corrected chi connectivity index (χ1v) is 18.1. The van der Waals surface area contributed by atoms with Gasteiger partial charge in [0.25, 0.3) is 0 Å². The monoisotopic (exact) mass is 820 g/mol. The Balaban J connectivity index is 0.000000154. The maximum atomic E-state index is 9.69. The third-order valence-electron chi connectivity index (χ3n) is 8.53. The number of fused-ring (bicyclic) bond motifs is 2. The Morgan fingerprint density at radius 1 is 0.855 bits per heavy atom. The van der Waals surface area contributed by atoms with E-state index in [1.807, 2.05) is 50.8 Å². The molecule has 278 valence electrons. The van der Waals surface area contributed by atoms with Crippen molar-refractivity contribution in [3.8, 4) is 45.7 Å². The number of imidazole rings is 2. The van der Waals surface area contributed by atoms with Gasteiger partial charge in [0.05, 0.1) is 58.5 Å². The summed E-state index contributed by atoms with van der Waals surface area (Å²) in [6.07, 6.45) is 14.0. The molecule has 18 heteroatoms. The van der Waals surface area contributed by atoms with E-state index in [2.05, 4.69) is 67.1 Å². The summed E-state index contributed by atoms with van der Waals surface area (Å²) < 4.78 is 15.7. The number of nitrogens with zero attached hydrogens (tertiary/aromatic N) is 10. The van der Waals surface area contributed by atoms with Gasteiger partial charge in [-0.1, -0.05) is 17.7 Å². The molecule has 1 aliphatic rings. The van der Waals surface area contributed by atoms with E-state index in [0.717, 1.165) is 56.4 Å². The number of halogens is 2. The summed E-state index contributed by atoms with van der Waals surface area (Å²) in [5, 5.41) is 18.6. The molecule has 1 fully saturated rings. The Morgan fingerprint density at radius 3 is 2.05 bits per heavy atom. The summed E-state index contributed by atoms with van der Waals surface area (Å²) >= 11 is 9.23. The smallest absolute Gasteiger partial charge is 0.179 e. The lowest BCUT2D eigenvalue weighted by Gasteiger charge is -2.23. The standard InChI is InChI=1S/C22H20N6O2.C10H8ClN5.C5H6BrN3/c1-28-13-16(12-25-28)21-26-20-18(4-7-24-22(20)27-21)14-2-3-19(15(10-14)11-23)30-17-5-8-29-9-6-17;1-16-5-6(4-13-16)9-14-8-7(11)2-3-12-10(8)15-9;6-3-1-2-9-5(8)4(3)7/h2-4,7,10,12-13,17H,5-6,8-9H2,1H3,(H,24,26,27);2-5H,1H3,(H,12,14,15);1-2H,7H2,(H2,8,9). The number of aryl methyl sites for hydroxylation is 2. The van der Waals surface area contributed by atoms with Crippen molar-refractivity contribution in [2.45, 2.75) is 18.9 Å². The molecule has 0 aliphatic carbocycles. The molecule has 0 bridgehead atoms. The summed E-state index contributed by atoms with van der Waals surface area (Å²) in [5.74, 6) is 2.41. The molecule has 1 saturated heterocycles. The van der Waals surface area contributed by atoms with Crippen molar-refractivity contribution in [3.05, 3.63) is 94.8 Å². The zero-order chi connectivity index (χ0) is 38.5. The van der Waals surface area contributed by atoms with Crippen LogP contribution in [-0.2, 0) is 18.8 Å². The molecule has 8 aromatic rings. The predicted molar refractivity (Wildman–Crippen MR) is 213 cm³/mol. The van der Waals surface area contributed by atoms with Crippen LogP contribution in [0.3, 0.4) is 0 Å². The predicted octanol–water partition coefficient (Wildman–Crippen LogP) is 6.48. The lowest BCUT2D eigenvalue weighted by Crippen LogP contribution is -2.26. The number of aromatic nitrogens is 11. The van der Waals surface area contributed by atoms with Crippen LogP contribution in [0.4, 0.5) is 11.5 Å². The number of hydrogen-bond donors (Lipinski definition) is 4. The first-order valence-electron chi connectivity index (χ1n) is 16.9. The van der Waals surface area contributed by atoms with Crippen molar-refractivity contribution in [3.63, 3.8) is 0 Å². The van der Waals surface area contributed by atoms with Crippen LogP contribution < -0.4 is 16.2 Å². The van der Waals surface area contributed by atoms with Crippen LogP contribution in [0.25, 0.3) is 56.2 Å². The summed E-state index contributed by atoms with van der Waals surface area (Å²) in [6.45, 7) is 1.39. The number of H-pyrrole nitrogens is 2. The summed E-state index contributed by atoms with van der Waals surface area (Å²) in [7, 11) is 3.72. The van der Waals surface area contributed by atoms with Gasteiger partial charge in [-0.25, -0.2) is 24.9 Å². The quantitative estimate of drug-likeness (QED) is 0.146. The van der Waals surface area contributed by atoms with E-state index in [1.54, 1.807) is 52.5 Å². The summed E-state index contributed by atoms with van der Waals surface area (Å²) in [5.41, 5.74) is 18.2. The molecule has 55 heavy (non-hydrogen) atoms. The average molecular weight is 822 g/mol. The minimum atomic E-state index is 0.0824. The number of nitrogens with one attached hydrogen (secondary N) is 2. The Bertz CT molecular complexity index is 2620. The third kappa shape index (κ3) is 8.41. The van der Waals surface area contributed by atoms with Crippen LogP contribution in [0.1, 0.15) is 18.4 Å². The number of benzene rings is 1. The Hall–Kier alpha value is -6.35. The molecule has 0 radical (unpaired) electrons. The van der Waals surface area contributed by atoms with Gasteiger partial charge in [-0.05, 0) is 51.8 Å². The molecule has 6 N–H and O–H groups in total. The highest BCUT2D eigenvalue weighted by atomic mass is 79.9. The molecule has 16 nitrogen and oxygen atoms in total. The van der Waals surface area contributed by atoms with Gasteiger partial charge in [0, 0.05) is 68.0 Å². The fourth-order valence-electron chi connectivity index (χ4n) is 5.72. The first kappa shape index (κ1) is 37.0. The number of nitrogen functional groups attached to an aromatic ring is 2. The Labute approximate surface area is 327 Å². The number of anilines is 2. The van der Waals surface area contributed by atoms with E-state index < -0.39 is 0 Å². The molecule has 0 amide bonds. The molecule has 0 spiro atoms. The fraction of sp³-hybridized carbons (Fsp3) is 0.189. The molecule has 9 rings (SSSR count). The molecule has 0 atom stereocenters. The van der Waals surface area contributed by atoms with E-state index in [0.29, 0.717) is 58.2 Å². The molecule has 1 aliphatic heterocycles. The van der Waals surface area contributed by atoms with Crippen LogP contribution in [0.5, 0.6) is 5.75 Å². The van der Waals surface area contributed by atoms with Crippen molar-refractivity contribution in [2.24, 2.45) is 14.1 Å². The van der Waals surface area contributed by atoms with Gasteiger partial charge in [0.15, 0.2) is 11.3 Å². The molecule has 8 heterocycles. The number of pyridine rings is 3. The molecular formula is C37H34BrClN14O2. The molecule has 1 aromatic carbocycles. The van der Waals surface area contributed by atoms with E-state index in [4.69, 9.17) is 32.5 Å². The summed E-state index contributed by atoms with van der Waals surface area (Å²) in [4.78, 5) is 27.7. The maximum Gasteiger partial charge on any atom is 0.179 e. The van der Waals surface area contributed by atoms with Crippen molar-refractivity contribution in [2.75, 3.05) is 24.7 Å². The van der Waals surface area contributed by atoms with Gasteiger partial charge in [-0.3, -0.25) is 9.36 Å². The van der Waals surface area contributed by atoms with Gasteiger partial charge in [0.2, 0.25) is 0 Å². The van der Waals surface area contributed by atoms with Crippen molar-refractivity contribution < 1.29 is 9.47 Å². The lowest BCUT2D eigenvalue weighted by molar-refractivity contribution is 0.0254. The van der Waals surface area contributed by atoms with Crippen LogP contribution in [-0.4, -0.2) is 73.8 Å². The van der Waals surface area contributed by atoms with Crippen LogP contribution in [0, 0.1) is 11.3 Å². The largest absolute Gasteiger partial charge is 0.489 e. The van der Waals surface area contributed by atoms with Gasteiger partial charge >= 0.3 is 0 Å². The van der Waals surface area contributed by atoms with Crippen LogP contribution in [0.15, 0.2) is 84.2 Å². The van der Waals surface area contributed by atoms with E-state index in [-0.39, 0.29) is 6.10 Å². The van der Waals surface area contributed by atoms with Crippen molar-refractivity contribution in [1.82, 2.24) is 54.4 Å². The average Bonchev–Trinajstić information content (AvgIpc) is 4.02. The minimum Gasteiger partial charge on any atom is -0.489 e. The highest BCUT2D eigenvalue weighted by Gasteiger charge is 2.19. The highest BCUT2D eigenvalue weighted by molar-refractivity contribution is 9.10. The number of rotatable bonds is 5.